The number of nitrogens with zero attached hydrogens (tertiary/aromatic N) is 2. The molecule has 0 fully saturated rings. The van der Waals surface area contributed by atoms with Crippen LogP contribution in [-0.2, 0) is 11.2 Å². The SMILES string of the molecule is CC(C)n1c(CC[C@@H](O)C[C@@H](O)CC(=O)O)c(-c2ccc(F)cc2)c(-c2ccccn2)c1C(N)=O.[H-].[Na+]. The zero-order valence-corrected chi connectivity index (χ0v) is 22.7. The number of aliphatic hydroxyl groups excluding tert-OH is 2. The van der Waals surface area contributed by atoms with Gasteiger partial charge in [0.2, 0.25) is 0 Å². The van der Waals surface area contributed by atoms with E-state index in [2.05, 4.69) is 4.98 Å². The molecule has 0 aliphatic carbocycles. The predicted molar refractivity (Wildman–Crippen MR) is 130 cm³/mol. The van der Waals surface area contributed by atoms with Crippen molar-refractivity contribution in [1.82, 2.24) is 9.55 Å². The quantitative estimate of drug-likeness (QED) is 0.282. The topological polar surface area (TPSA) is 139 Å². The number of hydrogen-bond acceptors (Lipinski definition) is 5. The molecule has 188 valence electrons. The van der Waals surface area contributed by atoms with Crippen LogP contribution in [0.3, 0.4) is 0 Å². The molecule has 3 rings (SSSR count). The average molecular weight is 508 g/mol. The number of primary amides is 1. The van der Waals surface area contributed by atoms with E-state index in [0.29, 0.717) is 34.5 Å². The maximum Gasteiger partial charge on any atom is 1.00 e. The molecule has 10 heteroatoms. The van der Waals surface area contributed by atoms with Crippen molar-refractivity contribution in [2.75, 3.05) is 0 Å². The zero-order valence-electron chi connectivity index (χ0n) is 21.7. The molecule has 0 spiro atoms. The Hall–Kier alpha value is -2.56. The third-order valence-electron chi connectivity index (χ3n) is 5.78. The molecule has 0 radical (unpaired) electrons. The van der Waals surface area contributed by atoms with Crippen molar-refractivity contribution in [2.45, 2.75) is 57.8 Å². The van der Waals surface area contributed by atoms with Gasteiger partial charge >= 0.3 is 35.5 Å². The van der Waals surface area contributed by atoms with E-state index in [1.54, 1.807) is 36.5 Å². The first-order valence-electron chi connectivity index (χ1n) is 11.4. The van der Waals surface area contributed by atoms with Crippen molar-refractivity contribution < 1.29 is 60.3 Å². The molecule has 36 heavy (non-hydrogen) atoms. The second-order valence-corrected chi connectivity index (χ2v) is 8.78. The van der Waals surface area contributed by atoms with Crippen LogP contribution in [0.5, 0.6) is 0 Å². The van der Waals surface area contributed by atoms with Crippen molar-refractivity contribution in [3.05, 3.63) is 65.9 Å². The normalized spacial score (nSPS) is 12.7. The molecule has 3 aromatic rings. The van der Waals surface area contributed by atoms with Crippen LogP contribution in [0.15, 0.2) is 48.7 Å². The molecule has 1 aromatic carbocycles. The summed E-state index contributed by atoms with van der Waals surface area (Å²) in [6.45, 7) is 3.80. The number of carbonyl (C=O) groups excluding carboxylic acids is 1. The van der Waals surface area contributed by atoms with E-state index in [1.165, 1.54) is 12.1 Å². The van der Waals surface area contributed by atoms with Crippen molar-refractivity contribution in [1.29, 1.82) is 0 Å². The Kier molecular flexibility index (Phi) is 10.8. The van der Waals surface area contributed by atoms with Crippen molar-refractivity contribution in [3.8, 4) is 22.4 Å². The molecule has 2 aromatic heterocycles. The van der Waals surface area contributed by atoms with E-state index in [1.807, 2.05) is 18.4 Å². The predicted octanol–water partition coefficient (Wildman–Crippen LogP) is 0.672. The van der Waals surface area contributed by atoms with E-state index < -0.39 is 36.3 Å². The molecule has 2 heterocycles. The van der Waals surface area contributed by atoms with Gasteiger partial charge in [0, 0.05) is 29.1 Å². The summed E-state index contributed by atoms with van der Waals surface area (Å²) in [7, 11) is 0. The molecule has 2 atom stereocenters. The van der Waals surface area contributed by atoms with Gasteiger partial charge in [-0.25, -0.2) is 4.39 Å². The van der Waals surface area contributed by atoms with Crippen LogP contribution in [0.1, 0.15) is 56.8 Å². The number of aliphatic hydroxyl groups is 2. The molecule has 0 bridgehead atoms. The van der Waals surface area contributed by atoms with Crippen LogP contribution >= 0.6 is 0 Å². The smallest absolute Gasteiger partial charge is 1.00 e. The summed E-state index contributed by atoms with van der Waals surface area (Å²) in [4.78, 5) is 28.0. The Balaban J connectivity index is 0.00000342. The molecule has 0 saturated heterocycles. The number of rotatable bonds is 11. The van der Waals surface area contributed by atoms with Crippen molar-refractivity contribution in [3.63, 3.8) is 0 Å². The standard InChI is InChI=1S/C26H30FN3O5.Na.H/c1-15(2)30-21(11-10-18(31)13-19(32)14-22(33)34)23(16-6-8-17(27)9-7-16)24(25(30)26(28)35)20-5-3-4-12-29-20;;/h3-9,12,15,18-19,31-32H,10-11,13-14H2,1-2H3,(H2,28,35)(H,33,34);;/q;+1;-1/t18-,19-;;/m1../s1. The molecule has 0 aliphatic heterocycles. The Labute approximate surface area is 232 Å². The Bertz CT molecular complexity index is 1190. The molecular formula is C26H31FN3NaO5. The third-order valence-corrected chi connectivity index (χ3v) is 5.78. The van der Waals surface area contributed by atoms with E-state index in [9.17, 15) is 24.2 Å². The number of carboxylic acid groups (broad SMARTS) is 1. The number of carbonyl (C=O) groups is 2. The maximum atomic E-state index is 13.7. The average Bonchev–Trinajstić information content (AvgIpc) is 3.14. The fraction of sp³-hybridized carbons (Fsp3) is 0.346. The minimum absolute atomic E-state index is 0. The van der Waals surface area contributed by atoms with Crippen LogP contribution in [0, 0.1) is 5.82 Å². The minimum Gasteiger partial charge on any atom is -1.00 e. The molecular weight excluding hydrogens is 476 g/mol. The minimum atomic E-state index is -1.18. The summed E-state index contributed by atoms with van der Waals surface area (Å²) < 4.78 is 15.6. The van der Waals surface area contributed by atoms with Gasteiger partial charge in [-0.1, -0.05) is 18.2 Å². The van der Waals surface area contributed by atoms with Crippen molar-refractivity contribution in [2.24, 2.45) is 5.73 Å². The summed E-state index contributed by atoms with van der Waals surface area (Å²) >= 11 is 0. The molecule has 5 N–H and O–H groups in total. The van der Waals surface area contributed by atoms with E-state index in [4.69, 9.17) is 10.8 Å². The van der Waals surface area contributed by atoms with Gasteiger partial charge in [-0.2, -0.15) is 0 Å². The summed E-state index contributed by atoms with van der Waals surface area (Å²) in [5.74, 6) is -2.20. The Morgan fingerprint density at radius 2 is 1.75 bits per heavy atom. The number of pyridine rings is 1. The monoisotopic (exact) mass is 507 g/mol. The summed E-state index contributed by atoms with van der Waals surface area (Å²) in [6.07, 6.45) is -0.626. The fourth-order valence-corrected chi connectivity index (χ4v) is 4.40. The Morgan fingerprint density at radius 1 is 1.08 bits per heavy atom. The summed E-state index contributed by atoms with van der Waals surface area (Å²) in [5, 5.41) is 29.3. The number of amides is 1. The molecule has 0 aliphatic rings. The van der Waals surface area contributed by atoms with Gasteiger partial charge in [-0.15, -0.1) is 0 Å². The number of hydrogen-bond donors (Lipinski definition) is 4. The van der Waals surface area contributed by atoms with E-state index >= 15 is 0 Å². The van der Waals surface area contributed by atoms with E-state index in [0.717, 1.165) is 0 Å². The van der Waals surface area contributed by atoms with Gasteiger partial charge in [-0.3, -0.25) is 14.6 Å². The van der Waals surface area contributed by atoms with Crippen LogP contribution in [0.25, 0.3) is 22.4 Å². The van der Waals surface area contributed by atoms with Gasteiger partial charge in [0.05, 0.1) is 24.3 Å². The number of halogens is 1. The number of aliphatic carboxylic acids is 1. The van der Waals surface area contributed by atoms with Crippen LogP contribution in [0.2, 0.25) is 0 Å². The first kappa shape index (κ1) is 29.7. The maximum absolute atomic E-state index is 13.7. The fourth-order valence-electron chi connectivity index (χ4n) is 4.40. The van der Waals surface area contributed by atoms with Gasteiger partial charge in [0.25, 0.3) is 5.91 Å². The third kappa shape index (κ3) is 7.02. The van der Waals surface area contributed by atoms with Crippen molar-refractivity contribution >= 4 is 11.9 Å². The number of aromatic nitrogens is 2. The first-order valence-corrected chi connectivity index (χ1v) is 11.4. The second-order valence-electron chi connectivity index (χ2n) is 8.78. The summed E-state index contributed by atoms with van der Waals surface area (Å²) in [5.41, 5.74) is 9.18. The molecule has 8 nitrogen and oxygen atoms in total. The Morgan fingerprint density at radius 3 is 2.28 bits per heavy atom. The molecule has 0 saturated carbocycles. The van der Waals surface area contributed by atoms with Crippen LogP contribution < -0.4 is 35.3 Å². The number of carboxylic acids is 1. The first-order chi connectivity index (χ1) is 16.6. The molecule has 0 unspecified atom stereocenters. The number of benzene rings is 1. The molecule has 1 amide bonds. The van der Waals surface area contributed by atoms with Gasteiger partial charge in [0.1, 0.15) is 11.5 Å². The second kappa shape index (κ2) is 13.1. The number of nitrogens with two attached hydrogens (primary N) is 1. The zero-order chi connectivity index (χ0) is 25.7. The van der Waals surface area contributed by atoms with Gasteiger partial charge in [0.15, 0.2) is 0 Å². The van der Waals surface area contributed by atoms with Gasteiger partial charge in [-0.05, 0) is 62.9 Å². The van der Waals surface area contributed by atoms with Gasteiger partial charge < -0.3 is 27.0 Å². The largest absolute Gasteiger partial charge is 1.00 e. The van der Waals surface area contributed by atoms with E-state index in [-0.39, 0.29) is 55.6 Å². The van der Waals surface area contributed by atoms with Crippen LogP contribution in [-0.4, -0.2) is 49.0 Å². The van der Waals surface area contributed by atoms with Crippen LogP contribution in [0.4, 0.5) is 4.39 Å². The summed E-state index contributed by atoms with van der Waals surface area (Å²) in [6, 6.07) is 11.0.